The lowest BCUT2D eigenvalue weighted by atomic mass is 9.90. The zero-order valence-corrected chi connectivity index (χ0v) is 20.7. The summed E-state index contributed by atoms with van der Waals surface area (Å²) in [7, 11) is -4.27. The van der Waals surface area contributed by atoms with Crippen LogP contribution in [0.25, 0.3) is 0 Å². The number of benzene rings is 3. The Kier molecular flexibility index (Phi) is 7.61. The van der Waals surface area contributed by atoms with Gasteiger partial charge < -0.3 is 4.90 Å². The van der Waals surface area contributed by atoms with Crippen LogP contribution in [-0.4, -0.2) is 32.3 Å². The van der Waals surface area contributed by atoms with Gasteiger partial charge in [0.2, 0.25) is 0 Å². The van der Waals surface area contributed by atoms with Crippen molar-refractivity contribution >= 4 is 33.2 Å². The molecule has 1 saturated heterocycles. The number of piperidine rings is 1. The summed E-state index contributed by atoms with van der Waals surface area (Å²) < 4.78 is 66.9. The zero-order valence-electron chi connectivity index (χ0n) is 19.1. The van der Waals surface area contributed by atoms with Gasteiger partial charge in [-0.05, 0) is 67.1 Å². The second-order valence-electron chi connectivity index (χ2n) is 8.75. The summed E-state index contributed by atoms with van der Waals surface area (Å²) in [6.07, 6.45) is -2.06. The summed E-state index contributed by atoms with van der Waals surface area (Å²) in [4.78, 5) is 14.6. The van der Waals surface area contributed by atoms with Gasteiger partial charge in [0.25, 0.3) is 15.9 Å². The summed E-state index contributed by atoms with van der Waals surface area (Å²) in [6, 6.07) is 17.7. The summed E-state index contributed by atoms with van der Waals surface area (Å²) in [5.74, 6) is 0.0598. The highest BCUT2D eigenvalue weighted by Gasteiger charge is 2.31. The number of carbonyl (C=O) groups excluding carboxylic acids is 1. The number of amides is 1. The van der Waals surface area contributed by atoms with Crippen LogP contribution in [0.5, 0.6) is 0 Å². The number of nitrogens with one attached hydrogen (secondary N) is 1. The number of halogens is 4. The number of anilines is 1. The standard InChI is InChI=1S/C26H24ClF3N2O3S/c27-24-10-9-22(36(34,35)31-21-8-4-7-20(16-21)26(28,29)30)17-23(24)25(33)32-13-11-19(12-14-32)15-18-5-2-1-3-6-18/h1-10,16-17,19,31H,11-15H2. The van der Waals surface area contributed by atoms with Gasteiger partial charge in [-0.1, -0.05) is 48.0 Å². The molecule has 3 aromatic carbocycles. The third-order valence-electron chi connectivity index (χ3n) is 6.19. The molecule has 0 saturated carbocycles. The Bertz CT molecular complexity index is 1340. The van der Waals surface area contributed by atoms with Crippen LogP contribution >= 0.6 is 11.6 Å². The highest BCUT2D eigenvalue weighted by Crippen LogP contribution is 2.32. The lowest BCUT2D eigenvalue weighted by Crippen LogP contribution is -2.39. The molecule has 190 valence electrons. The van der Waals surface area contributed by atoms with Gasteiger partial charge in [-0.3, -0.25) is 9.52 Å². The number of carbonyl (C=O) groups is 1. The van der Waals surface area contributed by atoms with Gasteiger partial charge in [-0.15, -0.1) is 0 Å². The van der Waals surface area contributed by atoms with Crippen LogP contribution in [0.3, 0.4) is 0 Å². The highest BCUT2D eigenvalue weighted by molar-refractivity contribution is 7.92. The largest absolute Gasteiger partial charge is 0.416 e. The number of nitrogens with zero attached hydrogens (tertiary/aromatic N) is 1. The Morgan fingerprint density at radius 3 is 2.33 bits per heavy atom. The summed E-state index contributed by atoms with van der Waals surface area (Å²) in [6.45, 7) is 1.04. The molecule has 0 aliphatic carbocycles. The van der Waals surface area contributed by atoms with E-state index in [1.165, 1.54) is 23.8 Å². The van der Waals surface area contributed by atoms with E-state index in [-0.39, 0.29) is 27.1 Å². The number of alkyl halides is 3. The first kappa shape index (κ1) is 26.0. The fourth-order valence-corrected chi connectivity index (χ4v) is 5.54. The molecule has 1 heterocycles. The molecule has 3 aromatic rings. The molecule has 1 aliphatic heterocycles. The van der Waals surface area contributed by atoms with Crippen molar-refractivity contribution in [2.45, 2.75) is 30.3 Å². The van der Waals surface area contributed by atoms with E-state index in [1.807, 2.05) is 18.2 Å². The van der Waals surface area contributed by atoms with Crippen LogP contribution in [0, 0.1) is 5.92 Å². The molecule has 0 unspecified atom stereocenters. The van der Waals surface area contributed by atoms with Crippen molar-refractivity contribution in [3.63, 3.8) is 0 Å². The molecule has 1 N–H and O–H groups in total. The minimum absolute atomic E-state index is 0.0325. The van der Waals surface area contributed by atoms with Gasteiger partial charge in [0.1, 0.15) is 0 Å². The van der Waals surface area contributed by atoms with Crippen LogP contribution in [0.4, 0.5) is 18.9 Å². The van der Waals surface area contributed by atoms with Crippen molar-refractivity contribution < 1.29 is 26.4 Å². The van der Waals surface area contributed by atoms with Crippen LogP contribution < -0.4 is 4.72 Å². The van der Waals surface area contributed by atoms with E-state index < -0.39 is 21.8 Å². The van der Waals surface area contributed by atoms with Crippen molar-refractivity contribution in [3.05, 3.63) is 94.5 Å². The first-order valence-corrected chi connectivity index (χ1v) is 13.2. The topological polar surface area (TPSA) is 66.5 Å². The van der Waals surface area contributed by atoms with E-state index in [0.717, 1.165) is 37.5 Å². The minimum Gasteiger partial charge on any atom is -0.339 e. The molecule has 1 fully saturated rings. The molecule has 0 radical (unpaired) electrons. The molecule has 0 bridgehead atoms. The van der Waals surface area contributed by atoms with Gasteiger partial charge in [-0.25, -0.2) is 8.42 Å². The third kappa shape index (κ3) is 6.20. The summed E-state index contributed by atoms with van der Waals surface area (Å²) in [5.41, 5.74) is 0.0556. The summed E-state index contributed by atoms with van der Waals surface area (Å²) >= 11 is 6.24. The van der Waals surface area contributed by atoms with Crippen LogP contribution in [0.15, 0.2) is 77.7 Å². The maximum Gasteiger partial charge on any atom is 0.416 e. The van der Waals surface area contributed by atoms with Crippen molar-refractivity contribution in [1.82, 2.24) is 4.90 Å². The SMILES string of the molecule is O=C(c1cc(S(=O)(=O)Nc2cccc(C(F)(F)F)c2)ccc1Cl)N1CCC(Cc2ccccc2)CC1. The maximum absolute atomic E-state index is 13.2. The lowest BCUT2D eigenvalue weighted by molar-refractivity contribution is -0.137. The van der Waals surface area contributed by atoms with E-state index in [0.29, 0.717) is 25.1 Å². The molecular weight excluding hydrogens is 513 g/mol. The summed E-state index contributed by atoms with van der Waals surface area (Å²) in [5, 5.41) is 0.101. The Morgan fingerprint density at radius 2 is 1.67 bits per heavy atom. The zero-order chi connectivity index (χ0) is 25.9. The number of hydrogen-bond donors (Lipinski definition) is 1. The van der Waals surface area contributed by atoms with Crippen molar-refractivity contribution in [1.29, 1.82) is 0 Å². The molecular formula is C26H24ClF3N2O3S. The molecule has 1 aliphatic rings. The number of sulfonamides is 1. The molecule has 4 rings (SSSR count). The monoisotopic (exact) mass is 536 g/mol. The molecule has 5 nitrogen and oxygen atoms in total. The van der Waals surface area contributed by atoms with E-state index in [2.05, 4.69) is 16.9 Å². The Hall–Kier alpha value is -3.04. The van der Waals surface area contributed by atoms with Crippen molar-refractivity contribution in [2.75, 3.05) is 17.8 Å². The lowest BCUT2D eigenvalue weighted by Gasteiger charge is -2.32. The van der Waals surface area contributed by atoms with E-state index in [4.69, 9.17) is 11.6 Å². The molecule has 0 atom stereocenters. The number of hydrogen-bond acceptors (Lipinski definition) is 3. The van der Waals surface area contributed by atoms with Crippen LogP contribution in [-0.2, 0) is 22.6 Å². The van der Waals surface area contributed by atoms with E-state index in [9.17, 15) is 26.4 Å². The molecule has 0 spiro atoms. The quantitative estimate of drug-likeness (QED) is 0.405. The van der Waals surface area contributed by atoms with Crippen LogP contribution in [0.2, 0.25) is 5.02 Å². The fourth-order valence-electron chi connectivity index (χ4n) is 4.27. The maximum atomic E-state index is 13.2. The molecule has 10 heteroatoms. The minimum atomic E-state index is -4.62. The highest BCUT2D eigenvalue weighted by atomic mass is 35.5. The third-order valence-corrected chi connectivity index (χ3v) is 7.90. The first-order valence-electron chi connectivity index (χ1n) is 11.4. The number of rotatable bonds is 6. The fraction of sp³-hybridized carbons (Fsp3) is 0.269. The average Bonchev–Trinajstić information content (AvgIpc) is 2.84. The Balaban J connectivity index is 1.47. The molecule has 0 aromatic heterocycles. The second kappa shape index (κ2) is 10.5. The van der Waals surface area contributed by atoms with Gasteiger partial charge in [-0.2, -0.15) is 13.2 Å². The predicted molar refractivity (Wildman–Crippen MR) is 132 cm³/mol. The van der Waals surface area contributed by atoms with Crippen LogP contribution in [0.1, 0.15) is 34.3 Å². The van der Waals surface area contributed by atoms with Crippen molar-refractivity contribution in [3.8, 4) is 0 Å². The smallest absolute Gasteiger partial charge is 0.339 e. The van der Waals surface area contributed by atoms with Gasteiger partial charge in [0.15, 0.2) is 0 Å². The normalized spacial score (nSPS) is 15.1. The average molecular weight is 537 g/mol. The number of likely N-dealkylation sites (tertiary alicyclic amines) is 1. The Labute approximate surface area is 212 Å². The molecule has 36 heavy (non-hydrogen) atoms. The first-order chi connectivity index (χ1) is 17.0. The van der Waals surface area contributed by atoms with Gasteiger partial charge in [0.05, 0.1) is 21.0 Å². The predicted octanol–water partition coefficient (Wildman–Crippen LogP) is 6.25. The Morgan fingerprint density at radius 1 is 0.972 bits per heavy atom. The second-order valence-corrected chi connectivity index (χ2v) is 10.8. The van der Waals surface area contributed by atoms with E-state index in [1.54, 1.807) is 4.90 Å². The van der Waals surface area contributed by atoms with Gasteiger partial charge in [0, 0.05) is 18.8 Å². The molecule has 1 amide bonds. The van der Waals surface area contributed by atoms with E-state index >= 15 is 0 Å². The van der Waals surface area contributed by atoms with Crippen molar-refractivity contribution in [2.24, 2.45) is 5.92 Å². The van der Waals surface area contributed by atoms with Gasteiger partial charge >= 0.3 is 6.18 Å².